The van der Waals surface area contributed by atoms with Gasteiger partial charge in [-0.05, 0) is 32.2 Å². The molecule has 1 aromatic heterocycles. The van der Waals surface area contributed by atoms with Gasteiger partial charge in [0, 0.05) is 22.7 Å². The van der Waals surface area contributed by atoms with Crippen molar-refractivity contribution in [2.75, 3.05) is 12.0 Å². The molecule has 0 fully saturated rings. The number of allylic oxidation sites excluding steroid dienone is 1. The highest BCUT2D eigenvalue weighted by Gasteiger charge is 2.42. The van der Waals surface area contributed by atoms with Crippen LogP contribution in [0.3, 0.4) is 0 Å². The molecule has 0 bridgehead atoms. The van der Waals surface area contributed by atoms with E-state index in [4.69, 9.17) is 4.74 Å². The molecule has 148 valence electrons. The highest BCUT2D eigenvalue weighted by molar-refractivity contribution is 7.11. The fourth-order valence-electron chi connectivity index (χ4n) is 2.73. The number of anilines is 1. The molecule has 9 heteroatoms. The van der Waals surface area contributed by atoms with Gasteiger partial charge in [0.2, 0.25) is 5.91 Å². The monoisotopic (exact) mass is 410 g/mol. The van der Waals surface area contributed by atoms with Crippen LogP contribution in [0.25, 0.3) is 5.57 Å². The standard InChI is InChI=1S/C19H17F3N2O3S/c1-10-15(14-5-4-6-28-14)17(25)24(9-27-10)19(2,3)18(26)23-11-7-12(20)16(22)13(21)8-11/h4-8H,9H2,1-3H3,(H,23,26). The molecule has 28 heavy (non-hydrogen) atoms. The number of benzene rings is 1. The normalized spacial score (nSPS) is 14.9. The summed E-state index contributed by atoms with van der Waals surface area (Å²) in [5.74, 6) is -5.14. The average molecular weight is 410 g/mol. The molecular formula is C19H17F3N2O3S. The van der Waals surface area contributed by atoms with Gasteiger partial charge in [0.25, 0.3) is 5.91 Å². The van der Waals surface area contributed by atoms with E-state index in [-0.39, 0.29) is 12.4 Å². The Morgan fingerprint density at radius 1 is 1.25 bits per heavy atom. The summed E-state index contributed by atoms with van der Waals surface area (Å²) in [7, 11) is 0. The number of nitrogens with one attached hydrogen (secondary N) is 1. The van der Waals surface area contributed by atoms with E-state index in [1.54, 1.807) is 19.1 Å². The third-order valence-electron chi connectivity index (χ3n) is 4.46. The van der Waals surface area contributed by atoms with Crippen LogP contribution in [-0.4, -0.2) is 29.0 Å². The molecule has 2 aromatic rings. The van der Waals surface area contributed by atoms with Gasteiger partial charge >= 0.3 is 0 Å². The molecule has 3 rings (SSSR count). The van der Waals surface area contributed by atoms with Crippen LogP contribution in [0.15, 0.2) is 35.4 Å². The molecule has 2 heterocycles. The maximum absolute atomic E-state index is 13.4. The van der Waals surface area contributed by atoms with Crippen molar-refractivity contribution in [1.29, 1.82) is 0 Å². The van der Waals surface area contributed by atoms with Crippen molar-refractivity contribution >= 4 is 34.4 Å². The molecule has 0 atom stereocenters. The Kier molecular flexibility index (Phi) is 5.20. The lowest BCUT2D eigenvalue weighted by Gasteiger charge is -2.40. The van der Waals surface area contributed by atoms with Crippen molar-refractivity contribution in [3.05, 3.63) is 57.7 Å². The van der Waals surface area contributed by atoms with E-state index in [1.165, 1.54) is 30.1 Å². The van der Waals surface area contributed by atoms with Gasteiger partial charge in [-0.2, -0.15) is 0 Å². The number of thiophene rings is 1. The second-order valence-electron chi connectivity index (χ2n) is 6.68. The Morgan fingerprint density at radius 2 is 1.89 bits per heavy atom. The first kappa shape index (κ1) is 19.9. The van der Waals surface area contributed by atoms with E-state index < -0.39 is 34.8 Å². The summed E-state index contributed by atoms with van der Waals surface area (Å²) < 4.78 is 45.5. The summed E-state index contributed by atoms with van der Waals surface area (Å²) in [6.07, 6.45) is 0. The largest absolute Gasteiger partial charge is 0.477 e. The van der Waals surface area contributed by atoms with Crippen LogP contribution in [0.4, 0.5) is 18.9 Å². The predicted molar refractivity (Wildman–Crippen MR) is 98.7 cm³/mol. The van der Waals surface area contributed by atoms with Crippen molar-refractivity contribution < 1.29 is 27.5 Å². The van der Waals surface area contributed by atoms with Gasteiger partial charge < -0.3 is 10.1 Å². The lowest BCUT2D eigenvalue weighted by atomic mass is 9.99. The fourth-order valence-corrected chi connectivity index (χ4v) is 3.54. The Hall–Kier alpha value is -2.81. The number of hydrogen-bond donors (Lipinski definition) is 1. The smallest absolute Gasteiger partial charge is 0.262 e. The Balaban J connectivity index is 1.86. The summed E-state index contributed by atoms with van der Waals surface area (Å²) in [5.41, 5.74) is -1.33. The summed E-state index contributed by atoms with van der Waals surface area (Å²) >= 11 is 1.36. The highest BCUT2D eigenvalue weighted by atomic mass is 32.1. The molecule has 0 aliphatic carbocycles. The fraction of sp³-hybridized carbons (Fsp3) is 0.263. The van der Waals surface area contributed by atoms with E-state index in [2.05, 4.69) is 5.32 Å². The molecule has 0 radical (unpaired) electrons. The first-order valence-electron chi connectivity index (χ1n) is 8.28. The van der Waals surface area contributed by atoms with E-state index in [1.807, 2.05) is 5.38 Å². The average Bonchev–Trinajstić information content (AvgIpc) is 3.13. The zero-order valence-electron chi connectivity index (χ0n) is 15.3. The van der Waals surface area contributed by atoms with E-state index >= 15 is 0 Å². The van der Waals surface area contributed by atoms with Crippen LogP contribution in [0.2, 0.25) is 0 Å². The molecule has 0 saturated carbocycles. The van der Waals surface area contributed by atoms with Crippen LogP contribution in [0.1, 0.15) is 25.6 Å². The van der Waals surface area contributed by atoms with Crippen LogP contribution in [-0.2, 0) is 14.3 Å². The Morgan fingerprint density at radius 3 is 2.46 bits per heavy atom. The van der Waals surface area contributed by atoms with Crippen molar-refractivity contribution in [1.82, 2.24) is 4.90 Å². The van der Waals surface area contributed by atoms with E-state index in [0.717, 1.165) is 0 Å². The number of halogens is 3. The second kappa shape index (κ2) is 7.31. The molecule has 1 aliphatic heterocycles. The van der Waals surface area contributed by atoms with Crippen molar-refractivity contribution in [2.24, 2.45) is 0 Å². The van der Waals surface area contributed by atoms with Gasteiger partial charge in [-0.3, -0.25) is 14.5 Å². The highest BCUT2D eigenvalue weighted by Crippen LogP contribution is 2.33. The number of carbonyl (C=O) groups excluding carboxylic acids is 2. The Labute approximate surface area is 163 Å². The van der Waals surface area contributed by atoms with Gasteiger partial charge in [-0.1, -0.05) is 6.07 Å². The molecule has 0 spiro atoms. The van der Waals surface area contributed by atoms with Gasteiger partial charge in [0.1, 0.15) is 11.3 Å². The number of amides is 2. The number of nitrogens with zero attached hydrogens (tertiary/aromatic N) is 1. The van der Waals surface area contributed by atoms with Crippen LogP contribution < -0.4 is 5.32 Å². The number of carbonyl (C=O) groups is 2. The minimum absolute atomic E-state index is 0.161. The lowest BCUT2D eigenvalue weighted by Crippen LogP contribution is -2.57. The number of ether oxygens (including phenoxy) is 1. The molecular weight excluding hydrogens is 393 g/mol. The summed E-state index contributed by atoms with van der Waals surface area (Å²) in [6, 6.07) is 4.90. The van der Waals surface area contributed by atoms with E-state index in [0.29, 0.717) is 28.3 Å². The van der Waals surface area contributed by atoms with Gasteiger partial charge in [-0.15, -0.1) is 11.3 Å². The molecule has 2 amide bonds. The van der Waals surface area contributed by atoms with Crippen LogP contribution in [0, 0.1) is 17.5 Å². The van der Waals surface area contributed by atoms with Gasteiger partial charge in [0.05, 0.1) is 5.57 Å². The minimum atomic E-state index is -1.63. The van der Waals surface area contributed by atoms with Crippen LogP contribution >= 0.6 is 11.3 Å². The van der Waals surface area contributed by atoms with Crippen LogP contribution in [0.5, 0.6) is 0 Å². The number of hydrogen-bond acceptors (Lipinski definition) is 4. The predicted octanol–water partition coefficient (Wildman–Crippen LogP) is 4.13. The second-order valence-corrected chi connectivity index (χ2v) is 7.63. The minimum Gasteiger partial charge on any atom is -0.477 e. The van der Waals surface area contributed by atoms with Gasteiger partial charge in [-0.25, -0.2) is 13.2 Å². The first-order valence-corrected chi connectivity index (χ1v) is 9.16. The summed E-state index contributed by atoms with van der Waals surface area (Å²) in [6.45, 7) is 4.46. The zero-order chi connectivity index (χ0) is 20.6. The van der Waals surface area contributed by atoms with Gasteiger partial charge in [0.15, 0.2) is 24.2 Å². The number of rotatable bonds is 4. The molecule has 0 unspecified atom stereocenters. The Bertz CT molecular complexity index is 948. The topological polar surface area (TPSA) is 58.6 Å². The third kappa shape index (κ3) is 3.49. The summed E-state index contributed by atoms with van der Waals surface area (Å²) in [4.78, 5) is 27.7. The maximum Gasteiger partial charge on any atom is 0.262 e. The first-order chi connectivity index (χ1) is 13.1. The van der Waals surface area contributed by atoms with Crippen molar-refractivity contribution in [3.8, 4) is 0 Å². The quantitative estimate of drug-likeness (QED) is 0.771. The SMILES string of the molecule is CC1=C(c2cccs2)C(=O)N(C(C)(C)C(=O)Nc2cc(F)c(F)c(F)c2)CO1. The summed E-state index contributed by atoms with van der Waals surface area (Å²) in [5, 5.41) is 4.14. The van der Waals surface area contributed by atoms with Crippen molar-refractivity contribution in [3.63, 3.8) is 0 Å². The third-order valence-corrected chi connectivity index (χ3v) is 5.35. The molecule has 1 N–H and O–H groups in total. The zero-order valence-corrected chi connectivity index (χ0v) is 16.1. The van der Waals surface area contributed by atoms with E-state index in [9.17, 15) is 22.8 Å². The molecule has 0 saturated heterocycles. The maximum atomic E-state index is 13.4. The lowest BCUT2D eigenvalue weighted by molar-refractivity contribution is -0.147. The van der Waals surface area contributed by atoms with Crippen molar-refractivity contribution in [2.45, 2.75) is 26.3 Å². The molecule has 1 aliphatic rings. The molecule has 5 nitrogen and oxygen atoms in total. The molecule has 1 aromatic carbocycles.